The van der Waals surface area contributed by atoms with Crippen LogP contribution in [0.2, 0.25) is 0 Å². The van der Waals surface area contributed by atoms with Crippen molar-refractivity contribution in [1.29, 1.82) is 0 Å². The third kappa shape index (κ3) is 4.82. The molecule has 0 aromatic heterocycles. The molecular weight excluding hydrogens is 244 g/mol. The van der Waals surface area contributed by atoms with Crippen LogP contribution in [0.15, 0.2) is 0 Å². The smallest absolute Gasteiger partial charge is 0.318 e. The first-order valence-corrected chi connectivity index (χ1v) is 6.80. The zero-order valence-corrected chi connectivity index (χ0v) is 11.4. The number of hydrogen-bond acceptors (Lipinski definition) is 2. The third-order valence-corrected chi connectivity index (χ3v) is 3.41. The van der Waals surface area contributed by atoms with Gasteiger partial charge in [-0.05, 0) is 25.7 Å². The highest BCUT2D eigenvalue weighted by molar-refractivity contribution is 5.75. The first kappa shape index (κ1) is 15.4. The Morgan fingerprint density at radius 3 is 2.79 bits per heavy atom. The lowest BCUT2D eigenvalue weighted by Crippen LogP contribution is -2.47. The van der Waals surface area contributed by atoms with Gasteiger partial charge in [-0.2, -0.15) is 0 Å². The van der Waals surface area contributed by atoms with E-state index in [1.54, 1.807) is 4.90 Å². The summed E-state index contributed by atoms with van der Waals surface area (Å²) in [6, 6.07) is -0.240. The van der Waals surface area contributed by atoms with Gasteiger partial charge in [0.05, 0.1) is 12.5 Å². The summed E-state index contributed by atoms with van der Waals surface area (Å²) in [5.41, 5.74) is 0. The van der Waals surface area contributed by atoms with Crippen LogP contribution in [-0.2, 0) is 4.79 Å². The number of carboxylic acid groups (broad SMARTS) is 1. The summed E-state index contributed by atoms with van der Waals surface area (Å²) < 4.78 is 0. The zero-order chi connectivity index (χ0) is 14.3. The molecule has 2 unspecified atom stereocenters. The predicted molar refractivity (Wildman–Crippen MR) is 72.6 cm³/mol. The van der Waals surface area contributed by atoms with Gasteiger partial charge in [0, 0.05) is 12.6 Å². The monoisotopic (exact) mass is 266 g/mol. The molecule has 1 rings (SSSR count). The topological polar surface area (TPSA) is 69.6 Å². The van der Waals surface area contributed by atoms with Crippen molar-refractivity contribution in [3.8, 4) is 12.3 Å². The molecule has 0 saturated heterocycles. The Labute approximate surface area is 114 Å². The number of urea groups is 1. The fourth-order valence-electron chi connectivity index (χ4n) is 2.44. The van der Waals surface area contributed by atoms with Gasteiger partial charge in [0.1, 0.15) is 0 Å². The highest BCUT2D eigenvalue weighted by Crippen LogP contribution is 2.24. The molecule has 1 fully saturated rings. The number of carbonyl (C=O) groups is 2. The number of carbonyl (C=O) groups excluding carboxylic acids is 1. The van der Waals surface area contributed by atoms with E-state index < -0.39 is 5.97 Å². The number of rotatable bonds is 5. The van der Waals surface area contributed by atoms with Crippen LogP contribution in [0.4, 0.5) is 4.79 Å². The van der Waals surface area contributed by atoms with Crippen LogP contribution in [0.25, 0.3) is 0 Å². The van der Waals surface area contributed by atoms with Gasteiger partial charge in [-0.1, -0.05) is 19.3 Å². The van der Waals surface area contributed by atoms with E-state index in [1.807, 2.05) is 6.92 Å². The number of carboxylic acids is 1. The van der Waals surface area contributed by atoms with Crippen LogP contribution >= 0.6 is 0 Å². The van der Waals surface area contributed by atoms with Crippen LogP contribution < -0.4 is 5.32 Å². The second-order valence-corrected chi connectivity index (χ2v) is 4.97. The highest BCUT2D eigenvalue weighted by atomic mass is 16.4. The minimum atomic E-state index is -0.770. The fraction of sp³-hybridized carbons (Fsp3) is 0.714. The van der Waals surface area contributed by atoms with E-state index in [1.165, 1.54) is 0 Å². The standard InChI is InChI=1S/C14H22N2O3/c1-3-8-16(9-4-2)14(19)15-12-7-5-6-11(10-12)13(17)18/h1,11-12H,4-10H2,2H3,(H,15,19)(H,17,18). The largest absolute Gasteiger partial charge is 0.481 e. The van der Waals surface area contributed by atoms with Gasteiger partial charge in [-0.15, -0.1) is 6.42 Å². The summed E-state index contributed by atoms with van der Waals surface area (Å²) >= 11 is 0. The van der Waals surface area contributed by atoms with E-state index in [-0.39, 0.29) is 24.5 Å². The van der Waals surface area contributed by atoms with Crippen molar-refractivity contribution in [2.45, 2.75) is 45.1 Å². The van der Waals surface area contributed by atoms with E-state index in [2.05, 4.69) is 11.2 Å². The lowest BCUT2D eigenvalue weighted by Gasteiger charge is -2.29. The summed E-state index contributed by atoms with van der Waals surface area (Å²) in [5, 5.41) is 11.9. The Bertz CT molecular complexity index is 362. The first-order valence-electron chi connectivity index (χ1n) is 6.80. The molecule has 1 aliphatic carbocycles. The summed E-state index contributed by atoms with van der Waals surface area (Å²) in [4.78, 5) is 24.6. The summed E-state index contributed by atoms with van der Waals surface area (Å²) in [6.07, 6.45) is 8.97. The molecule has 0 bridgehead atoms. The second-order valence-electron chi connectivity index (χ2n) is 4.97. The molecule has 0 aliphatic heterocycles. The maximum absolute atomic E-state index is 12.0. The summed E-state index contributed by atoms with van der Waals surface area (Å²) in [5.74, 6) is 1.36. The molecular formula is C14H22N2O3. The number of terminal acetylenes is 1. The van der Waals surface area contributed by atoms with Gasteiger partial charge in [0.15, 0.2) is 0 Å². The average molecular weight is 266 g/mol. The van der Waals surface area contributed by atoms with Crippen molar-refractivity contribution >= 4 is 12.0 Å². The predicted octanol–water partition coefficient (Wildman–Crippen LogP) is 1.68. The average Bonchev–Trinajstić information content (AvgIpc) is 2.38. The molecule has 0 aromatic rings. The quantitative estimate of drug-likeness (QED) is 0.744. The molecule has 2 amide bonds. The Kier molecular flexibility index (Phi) is 6.20. The maximum atomic E-state index is 12.0. The van der Waals surface area contributed by atoms with Crippen LogP contribution in [-0.4, -0.2) is 41.1 Å². The Morgan fingerprint density at radius 1 is 1.47 bits per heavy atom. The SMILES string of the molecule is C#CCN(CCC)C(=O)NC1CCCC(C(=O)O)C1. The lowest BCUT2D eigenvalue weighted by molar-refractivity contribution is -0.143. The van der Waals surface area contributed by atoms with Gasteiger partial charge in [0.2, 0.25) is 0 Å². The molecule has 106 valence electrons. The van der Waals surface area contributed by atoms with Crippen molar-refractivity contribution in [3.63, 3.8) is 0 Å². The van der Waals surface area contributed by atoms with Gasteiger partial charge < -0.3 is 15.3 Å². The third-order valence-electron chi connectivity index (χ3n) is 3.41. The van der Waals surface area contributed by atoms with Gasteiger partial charge in [-0.25, -0.2) is 4.79 Å². The Hall–Kier alpha value is -1.70. The Balaban J connectivity index is 2.50. The van der Waals surface area contributed by atoms with Crippen molar-refractivity contribution in [1.82, 2.24) is 10.2 Å². The number of aliphatic carboxylic acids is 1. The minimum absolute atomic E-state index is 0.0560. The number of amides is 2. The molecule has 19 heavy (non-hydrogen) atoms. The van der Waals surface area contributed by atoms with Crippen LogP contribution in [0.5, 0.6) is 0 Å². The molecule has 1 saturated carbocycles. The number of nitrogens with one attached hydrogen (secondary N) is 1. The van der Waals surface area contributed by atoms with Gasteiger partial charge in [0.25, 0.3) is 0 Å². The van der Waals surface area contributed by atoms with E-state index in [0.29, 0.717) is 19.4 Å². The fourth-order valence-corrected chi connectivity index (χ4v) is 2.44. The molecule has 2 N–H and O–H groups in total. The van der Waals surface area contributed by atoms with Crippen LogP contribution in [0.1, 0.15) is 39.0 Å². The minimum Gasteiger partial charge on any atom is -0.481 e. The Morgan fingerprint density at radius 2 is 2.21 bits per heavy atom. The van der Waals surface area contributed by atoms with E-state index in [9.17, 15) is 9.59 Å². The molecule has 1 aliphatic rings. The number of hydrogen-bond donors (Lipinski definition) is 2. The van der Waals surface area contributed by atoms with Crippen molar-refractivity contribution < 1.29 is 14.7 Å². The molecule has 2 atom stereocenters. The lowest BCUT2D eigenvalue weighted by atomic mass is 9.86. The van der Waals surface area contributed by atoms with Crippen LogP contribution in [0.3, 0.4) is 0 Å². The van der Waals surface area contributed by atoms with Crippen molar-refractivity contribution in [2.24, 2.45) is 5.92 Å². The highest BCUT2D eigenvalue weighted by Gasteiger charge is 2.28. The summed E-state index contributed by atoms with van der Waals surface area (Å²) in [7, 11) is 0. The van der Waals surface area contributed by atoms with Gasteiger partial charge >= 0.3 is 12.0 Å². The molecule has 0 heterocycles. The van der Waals surface area contributed by atoms with E-state index in [4.69, 9.17) is 11.5 Å². The second kappa shape index (κ2) is 7.67. The van der Waals surface area contributed by atoms with Crippen molar-refractivity contribution in [2.75, 3.05) is 13.1 Å². The molecule has 5 heteroatoms. The molecule has 0 radical (unpaired) electrons. The maximum Gasteiger partial charge on any atom is 0.318 e. The van der Waals surface area contributed by atoms with E-state index in [0.717, 1.165) is 19.3 Å². The first-order chi connectivity index (χ1) is 9.08. The normalized spacial score (nSPS) is 22.3. The zero-order valence-electron chi connectivity index (χ0n) is 11.4. The molecule has 5 nitrogen and oxygen atoms in total. The van der Waals surface area contributed by atoms with Crippen molar-refractivity contribution in [3.05, 3.63) is 0 Å². The number of nitrogens with zero attached hydrogens (tertiary/aromatic N) is 1. The summed E-state index contributed by atoms with van der Waals surface area (Å²) in [6.45, 7) is 2.89. The van der Waals surface area contributed by atoms with Crippen LogP contribution in [0, 0.1) is 18.3 Å². The van der Waals surface area contributed by atoms with Gasteiger partial charge in [-0.3, -0.25) is 4.79 Å². The van der Waals surface area contributed by atoms with E-state index >= 15 is 0 Å². The molecule has 0 aromatic carbocycles. The molecule has 0 spiro atoms.